The normalized spacial score (nSPS) is 15.1. The molecule has 0 bridgehead atoms. The molecule has 1 N–H and O–H groups in total. The van der Waals surface area contributed by atoms with Crippen molar-refractivity contribution in [3.63, 3.8) is 0 Å². The summed E-state index contributed by atoms with van der Waals surface area (Å²) in [6, 6.07) is 0. The first-order valence-corrected chi connectivity index (χ1v) is 16.6. The van der Waals surface area contributed by atoms with Gasteiger partial charge in [-0.3, -0.25) is 9.36 Å². The Hall–Kier alpha value is -4.72. The first-order valence-electron chi connectivity index (χ1n) is 16.6. The smallest absolute Gasteiger partial charge is 0.261 e. The predicted octanol–water partition coefficient (Wildman–Crippen LogP) is 9.53. The molecule has 0 fully saturated rings. The summed E-state index contributed by atoms with van der Waals surface area (Å²) < 4.78 is 12.2. The van der Waals surface area contributed by atoms with Crippen molar-refractivity contribution in [1.82, 2.24) is 9.55 Å². The number of methoxy groups -OCH3 is 1. The molecular weight excluding hydrogens is 600 g/mol. The number of hydrogen-bond acceptors (Lipinski definition) is 6. The van der Waals surface area contributed by atoms with E-state index in [1.807, 2.05) is 65.8 Å². The van der Waals surface area contributed by atoms with Crippen LogP contribution in [0.2, 0.25) is 0 Å². The van der Waals surface area contributed by atoms with Gasteiger partial charge in [-0.1, -0.05) is 99.7 Å². The van der Waals surface area contributed by atoms with Gasteiger partial charge in [-0.25, -0.2) is 9.98 Å². The molecule has 1 unspecified atom stereocenters. The number of aromatic nitrogens is 2. The summed E-state index contributed by atoms with van der Waals surface area (Å²) in [7, 11) is 1.50. The zero-order valence-electron chi connectivity index (χ0n) is 30.5. The molecule has 1 aliphatic rings. The van der Waals surface area contributed by atoms with Crippen LogP contribution < -0.4 is 5.56 Å². The molecule has 0 aliphatic heterocycles. The van der Waals surface area contributed by atoms with E-state index in [9.17, 15) is 10.0 Å². The number of oxime groups is 1. The van der Waals surface area contributed by atoms with Crippen molar-refractivity contribution in [2.24, 2.45) is 16.1 Å². The van der Waals surface area contributed by atoms with Crippen molar-refractivity contribution in [2.75, 3.05) is 7.11 Å². The van der Waals surface area contributed by atoms with Crippen molar-refractivity contribution in [1.29, 1.82) is 0 Å². The summed E-state index contributed by atoms with van der Waals surface area (Å²) in [6.07, 6.45) is 27.4. The van der Waals surface area contributed by atoms with Crippen LogP contribution in [0.5, 0.6) is 0 Å². The van der Waals surface area contributed by atoms with E-state index < -0.39 is 0 Å². The van der Waals surface area contributed by atoms with Crippen LogP contribution in [0.3, 0.4) is 0 Å². The molecule has 48 heavy (non-hydrogen) atoms. The SMILES string of the molecule is C=C/C(=C\C=C(/CC)OC(C)C)n1c(C)nc(CCC)c(C)c1=O.C=C/C=C\C/C=C(/C1=CCC=C(C)C=C1)C(C)/C(N=COC)=N/O. The highest BCUT2D eigenvalue weighted by Gasteiger charge is 2.18. The fraction of sp³-hybridized carbons (Fsp3) is 0.400. The molecule has 0 radical (unpaired) electrons. The van der Waals surface area contributed by atoms with E-state index in [-0.39, 0.29) is 17.6 Å². The van der Waals surface area contributed by atoms with Crippen LogP contribution in [0, 0.1) is 19.8 Å². The maximum Gasteiger partial charge on any atom is 0.261 e. The van der Waals surface area contributed by atoms with Crippen LogP contribution in [0.4, 0.5) is 0 Å². The van der Waals surface area contributed by atoms with Crippen molar-refractivity contribution in [3.8, 4) is 0 Å². The molecule has 1 aromatic heterocycles. The number of amidine groups is 1. The number of nitrogens with zero attached hydrogens (tertiary/aromatic N) is 4. The largest absolute Gasteiger partial charge is 0.495 e. The van der Waals surface area contributed by atoms with Gasteiger partial charge in [0.1, 0.15) is 5.82 Å². The Morgan fingerprint density at radius 1 is 1.12 bits per heavy atom. The summed E-state index contributed by atoms with van der Waals surface area (Å²) >= 11 is 0. The second kappa shape index (κ2) is 22.7. The average molecular weight is 657 g/mol. The van der Waals surface area contributed by atoms with Gasteiger partial charge in [-0.15, -0.1) is 0 Å². The molecule has 0 saturated carbocycles. The van der Waals surface area contributed by atoms with Crippen LogP contribution in [-0.4, -0.2) is 40.2 Å². The van der Waals surface area contributed by atoms with Crippen LogP contribution in [0.15, 0.2) is 117 Å². The lowest BCUT2D eigenvalue weighted by atomic mass is 9.91. The van der Waals surface area contributed by atoms with Gasteiger partial charge in [-0.05, 0) is 83.3 Å². The number of aliphatic imine (C=N–C) groups is 1. The maximum absolute atomic E-state index is 12.8. The third-order valence-corrected chi connectivity index (χ3v) is 7.34. The Morgan fingerprint density at radius 2 is 1.85 bits per heavy atom. The van der Waals surface area contributed by atoms with Crippen molar-refractivity contribution >= 4 is 17.9 Å². The van der Waals surface area contributed by atoms with Crippen molar-refractivity contribution in [3.05, 3.63) is 130 Å². The van der Waals surface area contributed by atoms with E-state index in [0.717, 1.165) is 54.7 Å². The highest BCUT2D eigenvalue weighted by atomic mass is 16.5. The quantitative estimate of drug-likeness (QED) is 0.0506. The Kier molecular flexibility index (Phi) is 19.6. The van der Waals surface area contributed by atoms with E-state index in [1.165, 1.54) is 19.1 Å². The summed E-state index contributed by atoms with van der Waals surface area (Å²) in [4.78, 5) is 21.4. The van der Waals surface area contributed by atoms with Crippen molar-refractivity contribution in [2.45, 2.75) is 93.6 Å². The highest BCUT2D eigenvalue weighted by molar-refractivity contribution is 5.92. The molecular formula is C40H56N4O4. The summed E-state index contributed by atoms with van der Waals surface area (Å²) in [5.74, 6) is 1.69. The molecule has 2 rings (SSSR count). The first-order chi connectivity index (χ1) is 23.0. The number of aryl methyl sites for hydroxylation is 2. The Morgan fingerprint density at radius 3 is 2.44 bits per heavy atom. The van der Waals surface area contributed by atoms with Crippen LogP contribution in [0.25, 0.3) is 5.70 Å². The van der Waals surface area contributed by atoms with Crippen molar-refractivity contribution < 1.29 is 14.7 Å². The Balaban J connectivity index is 0.000000480. The third-order valence-electron chi connectivity index (χ3n) is 7.34. The molecule has 260 valence electrons. The van der Waals surface area contributed by atoms with E-state index in [1.54, 1.807) is 16.7 Å². The van der Waals surface area contributed by atoms with Gasteiger partial charge in [0, 0.05) is 23.6 Å². The average Bonchev–Trinajstić information content (AvgIpc) is 3.28. The lowest BCUT2D eigenvalue weighted by Gasteiger charge is -2.16. The summed E-state index contributed by atoms with van der Waals surface area (Å²) in [6.45, 7) is 23.4. The number of hydrogen-bond donors (Lipinski definition) is 1. The topological polar surface area (TPSA) is 98.3 Å². The first kappa shape index (κ1) is 41.3. The predicted molar refractivity (Wildman–Crippen MR) is 203 cm³/mol. The van der Waals surface area contributed by atoms with Gasteiger partial charge in [0.15, 0.2) is 12.2 Å². The molecule has 1 aliphatic carbocycles. The van der Waals surface area contributed by atoms with Crippen LogP contribution in [0.1, 0.15) is 84.3 Å². The number of ether oxygens (including phenoxy) is 2. The standard InChI is InChI=1S/C20H30N2O2.C20H26N2O2/c1-8-11-19-15(6)20(23)22(16(7)21-19)17(9-2)12-13-18(10-3)24-14(4)5;1-5-6-7-8-12-19(17(3)20(22-23)21-15-24-4)18-11-9-10-16(2)13-14-18/h9,12-14H,2,8,10-11H2,1,3-7H3;5-7,10-15,17,23H,1,8-9H2,2-4H3/b17-12+,18-13+;7-6-,19-12+,21-15?,22-20-. The maximum atomic E-state index is 12.8. The molecule has 0 saturated heterocycles. The summed E-state index contributed by atoms with van der Waals surface area (Å²) in [5.41, 5.74) is 5.65. The van der Waals surface area contributed by atoms with E-state index in [2.05, 4.69) is 72.5 Å². The van der Waals surface area contributed by atoms with Crippen LogP contribution >= 0.6 is 0 Å². The number of rotatable bonds is 15. The number of allylic oxidation sites excluding steroid dienone is 15. The molecule has 8 nitrogen and oxygen atoms in total. The van der Waals surface area contributed by atoms with E-state index in [4.69, 9.17) is 9.47 Å². The third kappa shape index (κ3) is 13.6. The monoisotopic (exact) mass is 656 g/mol. The van der Waals surface area contributed by atoms with Gasteiger partial charge >= 0.3 is 0 Å². The Bertz CT molecular complexity index is 1560. The van der Waals surface area contributed by atoms with E-state index >= 15 is 0 Å². The summed E-state index contributed by atoms with van der Waals surface area (Å²) in [5, 5.41) is 12.6. The fourth-order valence-electron chi connectivity index (χ4n) is 4.83. The molecule has 0 spiro atoms. The molecule has 0 aromatic carbocycles. The molecule has 1 aromatic rings. The zero-order chi connectivity index (χ0) is 36.1. The van der Waals surface area contributed by atoms with Gasteiger partial charge in [-0.2, -0.15) is 0 Å². The van der Waals surface area contributed by atoms with Gasteiger partial charge < -0.3 is 14.7 Å². The molecule has 0 amide bonds. The Labute approximate surface area is 288 Å². The van der Waals surface area contributed by atoms with Crippen LogP contribution in [-0.2, 0) is 15.9 Å². The molecule has 1 heterocycles. The minimum absolute atomic E-state index is 0.0340. The molecule has 1 atom stereocenters. The lowest BCUT2D eigenvalue weighted by molar-refractivity contribution is 0.141. The van der Waals surface area contributed by atoms with Gasteiger partial charge in [0.25, 0.3) is 5.56 Å². The second-order valence-corrected chi connectivity index (χ2v) is 11.5. The minimum atomic E-state index is -0.173. The van der Waals surface area contributed by atoms with E-state index in [0.29, 0.717) is 22.9 Å². The second-order valence-electron chi connectivity index (χ2n) is 11.5. The molecule has 8 heteroatoms. The van der Waals surface area contributed by atoms with Gasteiger partial charge in [0.2, 0.25) is 0 Å². The highest BCUT2D eigenvalue weighted by Crippen LogP contribution is 2.26. The minimum Gasteiger partial charge on any atom is -0.495 e. The zero-order valence-corrected chi connectivity index (χ0v) is 30.5. The fourth-order valence-corrected chi connectivity index (χ4v) is 4.83. The lowest BCUT2D eigenvalue weighted by Crippen LogP contribution is -2.26. The van der Waals surface area contributed by atoms with Gasteiger partial charge in [0.05, 0.1) is 24.7 Å².